The molecular weight excluding hydrogens is 518 g/mol. The van der Waals surface area contributed by atoms with E-state index in [0.29, 0.717) is 5.56 Å². The number of azo groups is 1. The van der Waals surface area contributed by atoms with Crippen LogP contribution in [0.2, 0.25) is 0 Å². The summed E-state index contributed by atoms with van der Waals surface area (Å²) in [6, 6.07) is 12.2. The predicted octanol–water partition coefficient (Wildman–Crippen LogP) is 2.72. The van der Waals surface area contributed by atoms with Gasteiger partial charge in [0, 0.05) is 5.56 Å². The SMILES string of the molecule is Nc1cc(S(=O)(=O)O)cc(N/N=C(/N=Nc2cc(S(=O)(=O)O)ccc2C(=O)O)c2ccccc2)c1O. The summed E-state index contributed by atoms with van der Waals surface area (Å²) in [5, 5.41) is 31.1. The van der Waals surface area contributed by atoms with Crippen LogP contribution in [0.3, 0.4) is 0 Å². The van der Waals surface area contributed by atoms with Crippen LogP contribution in [0.15, 0.2) is 85.8 Å². The first-order valence-electron chi connectivity index (χ1n) is 9.53. The minimum Gasteiger partial charge on any atom is -0.504 e. The van der Waals surface area contributed by atoms with Crippen molar-refractivity contribution in [3.05, 3.63) is 71.8 Å². The number of nitrogens with one attached hydrogen (secondary N) is 1. The average molecular weight is 536 g/mol. The number of hydrogen-bond acceptors (Lipinski definition) is 10. The number of aromatic carboxylic acids is 1. The Morgan fingerprint density at radius 1 is 0.889 bits per heavy atom. The van der Waals surface area contributed by atoms with Gasteiger partial charge >= 0.3 is 5.97 Å². The van der Waals surface area contributed by atoms with E-state index < -0.39 is 53.0 Å². The van der Waals surface area contributed by atoms with E-state index in [1.165, 1.54) is 12.1 Å². The molecular formula is C20H17N5O9S2. The van der Waals surface area contributed by atoms with Gasteiger partial charge < -0.3 is 15.9 Å². The van der Waals surface area contributed by atoms with Gasteiger partial charge in [0.2, 0.25) is 5.84 Å². The highest BCUT2D eigenvalue weighted by atomic mass is 32.2. The predicted molar refractivity (Wildman–Crippen MR) is 127 cm³/mol. The van der Waals surface area contributed by atoms with Crippen molar-refractivity contribution in [1.82, 2.24) is 0 Å². The molecule has 0 aliphatic carbocycles. The van der Waals surface area contributed by atoms with Crippen LogP contribution in [0.4, 0.5) is 17.1 Å². The monoisotopic (exact) mass is 535 g/mol. The molecule has 0 aromatic heterocycles. The summed E-state index contributed by atoms with van der Waals surface area (Å²) in [5.41, 5.74) is 6.67. The normalized spacial score (nSPS) is 12.6. The van der Waals surface area contributed by atoms with E-state index in [2.05, 4.69) is 20.8 Å². The van der Waals surface area contributed by atoms with Gasteiger partial charge in [-0.1, -0.05) is 30.3 Å². The Labute approximate surface area is 203 Å². The number of phenols is 1. The van der Waals surface area contributed by atoms with Crippen molar-refractivity contribution >= 4 is 49.1 Å². The molecule has 3 rings (SSSR count). The highest BCUT2D eigenvalue weighted by molar-refractivity contribution is 7.86. The number of carboxylic acids is 1. The molecule has 0 unspecified atom stereocenters. The van der Waals surface area contributed by atoms with Gasteiger partial charge in [0.05, 0.1) is 21.0 Å². The first-order valence-corrected chi connectivity index (χ1v) is 12.4. The van der Waals surface area contributed by atoms with E-state index in [1.807, 2.05) is 0 Å². The number of aromatic hydroxyl groups is 1. The van der Waals surface area contributed by atoms with Crippen molar-refractivity contribution in [2.24, 2.45) is 15.3 Å². The minimum absolute atomic E-state index is 0.223. The molecule has 0 radical (unpaired) electrons. The fourth-order valence-corrected chi connectivity index (χ4v) is 3.79. The second-order valence-electron chi connectivity index (χ2n) is 6.96. The molecule has 16 heteroatoms. The van der Waals surface area contributed by atoms with Crippen molar-refractivity contribution < 1.29 is 40.9 Å². The number of nitrogens with zero attached hydrogens (tertiary/aromatic N) is 3. The van der Waals surface area contributed by atoms with Crippen LogP contribution in [-0.4, -0.2) is 48.0 Å². The summed E-state index contributed by atoms with van der Waals surface area (Å²) >= 11 is 0. The Morgan fingerprint density at radius 3 is 2.11 bits per heavy atom. The third kappa shape index (κ3) is 6.19. The molecule has 14 nitrogen and oxygen atoms in total. The van der Waals surface area contributed by atoms with Crippen LogP contribution in [0, 0.1) is 0 Å². The molecule has 0 heterocycles. The van der Waals surface area contributed by atoms with Crippen molar-refractivity contribution in [2.75, 3.05) is 11.2 Å². The summed E-state index contributed by atoms with van der Waals surface area (Å²) in [7, 11) is -9.35. The number of amidine groups is 1. The highest BCUT2D eigenvalue weighted by Crippen LogP contribution is 2.33. The van der Waals surface area contributed by atoms with Crippen LogP contribution < -0.4 is 11.2 Å². The standard InChI is InChI=1S/C20H17N5O9S2/c21-15-8-13(36(32,33)34)10-17(18(15)26)23-25-19(11-4-2-1-3-5-11)24-22-16-9-12(35(29,30)31)6-7-14(16)20(27)28/h1-10,23,26H,21H2,(H,27,28)(H,29,30,31)(H,32,33,34)/b24-22?,25-19+. The van der Waals surface area contributed by atoms with Gasteiger partial charge in [-0.3, -0.25) is 14.5 Å². The number of phenolic OH excluding ortho intramolecular Hbond substituents is 1. The molecule has 0 spiro atoms. The number of hydrazone groups is 1. The maximum absolute atomic E-state index is 11.5. The van der Waals surface area contributed by atoms with E-state index in [4.69, 9.17) is 5.73 Å². The highest BCUT2D eigenvalue weighted by Gasteiger charge is 2.18. The second kappa shape index (κ2) is 10.1. The Balaban J connectivity index is 2.11. The maximum atomic E-state index is 11.5. The largest absolute Gasteiger partial charge is 0.504 e. The molecule has 0 saturated carbocycles. The first-order chi connectivity index (χ1) is 16.8. The van der Waals surface area contributed by atoms with Gasteiger partial charge in [0.15, 0.2) is 5.75 Å². The van der Waals surface area contributed by atoms with Gasteiger partial charge in [-0.2, -0.15) is 21.9 Å². The zero-order valence-electron chi connectivity index (χ0n) is 17.8. The molecule has 0 fully saturated rings. The van der Waals surface area contributed by atoms with Crippen LogP contribution in [0.25, 0.3) is 0 Å². The van der Waals surface area contributed by atoms with Crippen molar-refractivity contribution in [3.63, 3.8) is 0 Å². The topological polar surface area (TPSA) is 241 Å². The fraction of sp³-hybridized carbons (Fsp3) is 0. The molecule has 188 valence electrons. The third-order valence-corrected chi connectivity index (χ3v) is 6.16. The van der Waals surface area contributed by atoms with Crippen molar-refractivity contribution in [1.29, 1.82) is 0 Å². The first kappa shape index (κ1) is 26.2. The van der Waals surface area contributed by atoms with Gasteiger partial charge in [0.25, 0.3) is 20.2 Å². The smallest absolute Gasteiger partial charge is 0.337 e. The number of carboxylic acid groups (broad SMARTS) is 1. The lowest BCUT2D eigenvalue weighted by Gasteiger charge is -2.09. The van der Waals surface area contributed by atoms with Gasteiger partial charge in [-0.25, -0.2) is 4.79 Å². The van der Waals surface area contributed by atoms with Crippen LogP contribution >= 0.6 is 0 Å². The summed E-state index contributed by atoms with van der Waals surface area (Å²) in [4.78, 5) is 10.3. The van der Waals surface area contributed by atoms with Gasteiger partial charge in [-0.05, 0) is 30.3 Å². The lowest BCUT2D eigenvalue weighted by Crippen LogP contribution is -2.05. The lowest BCUT2D eigenvalue weighted by molar-refractivity contribution is 0.0697. The number of rotatable bonds is 7. The molecule has 7 N–H and O–H groups in total. The average Bonchev–Trinajstić information content (AvgIpc) is 2.80. The number of anilines is 2. The fourth-order valence-electron chi connectivity index (χ4n) is 2.75. The molecule has 0 aliphatic heterocycles. The van der Waals surface area contributed by atoms with Gasteiger partial charge in [-0.15, -0.1) is 10.2 Å². The van der Waals surface area contributed by atoms with E-state index in [1.54, 1.807) is 18.2 Å². The Morgan fingerprint density at radius 2 is 1.53 bits per heavy atom. The summed E-state index contributed by atoms with van der Waals surface area (Å²) in [5.74, 6) is -2.27. The molecule has 0 amide bonds. The Hall–Kier alpha value is -4.38. The quantitative estimate of drug-likeness (QED) is 0.0488. The molecule has 36 heavy (non-hydrogen) atoms. The number of hydrogen-bond donors (Lipinski definition) is 6. The van der Waals surface area contributed by atoms with E-state index in [-0.39, 0.29) is 17.2 Å². The van der Waals surface area contributed by atoms with E-state index >= 15 is 0 Å². The van der Waals surface area contributed by atoms with E-state index in [9.17, 15) is 40.9 Å². The Kier molecular flexibility index (Phi) is 7.35. The zero-order valence-corrected chi connectivity index (χ0v) is 19.5. The van der Waals surface area contributed by atoms with Crippen LogP contribution in [-0.2, 0) is 20.2 Å². The second-order valence-corrected chi connectivity index (χ2v) is 9.80. The third-order valence-electron chi connectivity index (χ3n) is 4.47. The Bertz CT molecular complexity index is 1600. The van der Waals surface area contributed by atoms with Crippen LogP contribution in [0.5, 0.6) is 5.75 Å². The molecule has 0 atom stereocenters. The van der Waals surface area contributed by atoms with Crippen molar-refractivity contribution in [2.45, 2.75) is 9.79 Å². The maximum Gasteiger partial charge on any atom is 0.337 e. The number of nitrogen functional groups attached to an aromatic ring is 1. The number of carbonyl (C=O) groups is 1. The number of nitrogens with two attached hydrogens (primary N) is 1. The van der Waals surface area contributed by atoms with Gasteiger partial charge in [0.1, 0.15) is 11.4 Å². The number of benzene rings is 3. The minimum atomic E-state index is -4.68. The summed E-state index contributed by atoms with van der Waals surface area (Å²) in [6.45, 7) is 0. The summed E-state index contributed by atoms with van der Waals surface area (Å²) < 4.78 is 64.4. The molecule has 0 bridgehead atoms. The van der Waals surface area contributed by atoms with E-state index in [0.717, 1.165) is 30.3 Å². The summed E-state index contributed by atoms with van der Waals surface area (Å²) in [6.07, 6.45) is 0. The zero-order chi connectivity index (χ0) is 26.7. The lowest BCUT2D eigenvalue weighted by atomic mass is 10.2. The molecule has 0 aliphatic rings. The molecule has 0 saturated heterocycles. The van der Waals surface area contributed by atoms with Crippen molar-refractivity contribution in [3.8, 4) is 5.75 Å². The molecule has 3 aromatic carbocycles. The molecule has 3 aromatic rings. The van der Waals surface area contributed by atoms with Crippen LogP contribution in [0.1, 0.15) is 15.9 Å².